The second-order valence-electron chi connectivity index (χ2n) is 7.64. The van der Waals surface area contributed by atoms with E-state index in [1.54, 1.807) is 42.5 Å². The van der Waals surface area contributed by atoms with Crippen molar-refractivity contribution < 1.29 is 14.4 Å². The molecule has 0 fully saturated rings. The van der Waals surface area contributed by atoms with E-state index in [-0.39, 0.29) is 12.2 Å². The van der Waals surface area contributed by atoms with Gasteiger partial charge in [0.1, 0.15) is 5.69 Å². The van der Waals surface area contributed by atoms with Crippen molar-refractivity contribution in [2.75, 3.05) is 10.7 Å². The summed E-state index contributed by atoms with van der Waals surface area (Å²) in [5.41, 5.74) is 5.76. The standard InChI is InChI=1S/C25H20BrClN4O3/c1-15-2-4-16(5-3-15)14-28-24(33)25(34)30-31-21-11-6-18(26)12-17(21)13-22(31)23(32)29-20-9-7-19(27)8-10-20/h2-13H,14H2,1H3,(H,28,33)(H,29,32)(H,30,34). The van der Waals surface area contributed by atoms with Gasteiger partial charge in [0.2, 0.25) is 0 Å². The molecule has 0 radical (unpaired) electrons. The van der Waals surface area contributed by atoms with Crippen LogP contribution in [0.25, 0.3) is 10.9 Å². The molecule has 3 N–H and O–H groups in total. The van der Waals surface area contributed by atoms with Crippen molar-refractivity contribution in [3.8, 4) is 0 Å². The van der Waals surface area contributed by atoms with Crippen LogP contribution in [-0.4, -0.2) is 22.4 Å². The fourth-order valence-electron chi connectivity index (χ4n) is 3.32. The number of nitrogens with one attached hydrogen (secondary N) is 3. The summed E-state index contributed by atoms with van der Waals surface area (Å²) in [6.07, 6.45) is 0. The molecule has 0 aliphatic carbocycles. The van der Waals surface area contributed by atoms with Gasteiger partial charge in [0, 0.05) is 27.1 Å². The molecule has 0 aliphatic heterocycles. The molecule has 0 saturated carbocycles. The minimum Gasteiger partial charge on any atom is -0.344 e. The Morgan fingerprint density at radius 3 is 2.32 bits per heavy atom. The van der Waals surface area contributed by atoms with Gasteiger partial charge in [-0.3, -0.25) is 19.8 Å². The average molecular weight is 540 g/mol. The average Bonchev–Trinajstić information content (AvgIpc) is 3.17. The molecule has 0 aliphatic rings. The van der Waals surface area contributed by atoms with E-state index in [0.29, 0.717) is 21.6 Å². The minimum atomic E-state index is -0.895. The Labute approximate surface area is 209 Å². The van der Waals surface area contributed by atoms with Gasteiger partial charge in [-0.15, -0.1) is 0 Å². The van der Waals surface area contributed by atoms with E-state index < -0.39 is 17.7 Å². The van der Waals surface area contributed by atoms with Crippen molar-refractivity contribution >= 4 is 61.8 Å². The first-order valence-corrected chi connectivity index (χ1v) is 11.5. The van der Waals surface area contributed by atoms with Gasteiger partial charge in [0.05, 0.1) is 5.52 Å². The number of halogens is 2. The number of hydrogen-bond acceptors (Lipinski definition) is 3. The number of hydrogen-bond donors (Lipinski definition) is 3. The van der Waals surface area contributed by atoms with E-state index in [9.17, 15) is 14.4 Å². The van der Waals surface area contributed by atoms with Crippen LogP contribution in [0.5, 0.6) is 0 Å². The Kier molecular flexibility index (Phi) is 7.00. The first kappa shape index (κ1) is 23.5. The van der Waals surface area contributed by atoms with Gasteiger partial charge >= 0.3 is 11.8 Å². The number of rotatable bonds is 5. The lowest BCUT2D eigenvalue weighted by atomic mass is 10.1. The third kappa shape index (κ3) is 5.47. The molecule has 172 valence electrons. The molecule has 7 nitrogen and oxygen atoms in total. The van der Waals surface area contributed by atoms with Crippen LogP contribution < -0.4 is 16.1 Å². The molecule has 4 rings (SSSR count). The Bertz CT molecular complexity index is 1380. The molecular formula is C25H20BrClN4O3. The summed E-state index contributed by atoms with van der Waals surface area (Å²) in [6, 6.07) is 21.2. The summed E-state index contributed by atoms with van der Waals surface area (Å²) in [5, 5.41) is 6.62. The molecule has 1 heterocycles. The highest BCUT2D eigenvalue weighted by atomic mass is 79.9. The highest BCUT2D eigenvalue weighted by molar-refractivity contribution is 9.10. The Hall–Kier alpha value is -3.62. The SMILES string of the molecule is Cc1ccc(CNC(=O)C(=O)Nn2c(C(=O)Nc3ccc(Cl)cc3)cc3cc(Br)ccc32)cc1. The number of anilines is 1. The maximum atomic E-state index is 13.0. The van der Waals surface area contributed by atoms with E-state index in [2.05, 4.69) is 32.0 Å². The normalized spacial score (nSPS) is 10.7. The molecule has 3 amide bonds. The van der Waals surface area contributed by atoms with Crippen molar-refractivity contribution in [2.45, 2.75) is 13.5 Å². The molecule has 9 heteroatoms. The van der Waals surface area contributed by atoms with E-state index in [1.165, 1.54) is 4.68 Å². The predicted molar refractivity (Wildman–Crippen MR) is 136 cm³/mol. The zero-order valence-corrected chi connectivity index (χ0v) is 20.4. The fourth-order valence-corrected chi connectivity index (χ4v) is 3.83. The summed E-state index contributed by atoms with van der Waals surface area (Å²) in [4.78, 5) is 38.1. The van der Waals surface area contributed by atoms with Crippen LogP contribution in [0.15, 0.2) is 77.3 Å². The fraction of sp³-hybridized carbons (Fsp3) is 0.0800. The highest BCUT2D eigenvalue weighted by Gasteiger charge is 2.21. The molecule has 34 heavy (non-hydrogen) atoms. The minimum absolute atomic E-state index is 0.155. The van der Waals surface area contributed by atoms with Crippen molar-refractivity contribution in [2.24, 2.45) is 0 Å². The van der Waals surface area contributed by atoms with Crippen molar-refractivity contribution in [1.29, 1.82) is 0 Å². The van der Waals surface area contributed by atoms with E-state index in [4.69, 9.17) is 11.6 Å². The Morgan fingerprint density at radius 2 is 1.62 bits per heavy atom. The lowest BCUT2D eigenvalue weighted by molar-refractivity contribution is -0.136. The predicted octanol–water partition coefficient (Wildman–Crippen LogP) is 5.00. The largest absolute Gasteiger partial charge is 0.344 e. The monoisotopic (exact) mass is 538 g/mol. The Morgan fingerprint density at radius 1 is 0.912 bits per heavy atom. The number of amides is 3. The quantitative estimate of drug-likeness (QED) is 0.312. The number of aromatic nitrogens is 1. The summed E-state index contributed by atoms with van der Waals surface area (Å²) in [5.74, 6) is -2.17. The van der Waals surface area contributed by atoms with Crippen LogP contribution in [0, 0.1) is 6.92 Å². The van der Waals surface area contributed by atoms with E-state index >= 15 is 0 Å². The molecule has 0 spiro atoms. The van der Waals surface area contributed by atoms with Crippen LogP contribution in [-0.2, 0) is 16.1 Å². The topological polar surface area (TPSA) is 92.2 Å². The number of benzene rings is 3. The molecular weight excluding hydrogens is 520 g/mol. The zero-order chi connectivity index (χ0) is 24.2. The zero-order valence-electron chi connectivity index (χ0n) is 18.1. The van der Waals surface area contributed by atoms with E-state index in [0.717, 1.165) is 15.6 Å². The molecule has 0 atom stereocenters. The summed E-state index contributed by atoms with van der Waals surface area (Å²) >= 11 is 9.32. The maximum absolute atomic E-state index is 13.0. The third-order valence-corrected chi connectivity index (χ3v) is 5.84. The molecule has 0 saturated heterocycles. The first-order valence-electron chi connectivity index (χ1n) is 10.3. The van der Waals surface area contributed by atoms with Gasteiger partial charge in [-0.05, 0) is 61.0 Å². The third-order valence-electron chi connectivity index (χ3n) is 5.09. The molecule has 1 aromatic heterocycles. The van der Waals surface area contributed by atoms with Gasteiger partial charge in [-0.1, -0.05) is 57.4 Å². The van der Waals surface area contributed by atoms with Crippen molar-refractivity contribution in [3.05, 3.63) is 99.1 Å². The lowest BCUT2D eigenvalue weighted by Gasteiger charge is -2.13. The van der Waals surface area contributed by atoms with Gasteiger partial charge in [-0.25, -0.2) is 4.68 Å². The molecule has 0 bridgehead atoms. The van der Waals surface area contributed by atoms with Crippen LogP contribution in [0.2, 0.25) is 5.02 Å². The number of fused-ring (bicyclic) bond motifs is 1. The van der Waals surface area contributed by atoms with Crippen LogP contribution >= 0.6 is 27.5 Å². The van der Waals surface area contributed by atoms with Crippen LogP contribution in [0.1, 0.15) is 21.6 Å². The number of carbonyl (C=O) groups is 3. The second-order valence-corrected chi connectivity index (χ2v) is 8.99. The lowest BCUT2D eigenvalue weighted by Crippen LogP contribution is -2.39. The number of nitrogens with zero attached hydrogens (tertiary/aromatic N) is 1. The van der Waals surface area contributed by atoms with E-state index in [1.807, 2.05) is 37.3 Å². The van der Waals surface area contributed by atoms with Crippen LogP contribution in [0.4, 0.5) is 5.69 Å². The highest BCUT2D eigenvalue weighted by Crippen LogP contribution is 2.24. The number of aryl methyl sites for hydroxylation is 1. The summed E-state index contributed by atoms with van der Waals surface area (Å²) in [7, 11) is 0. The van der Waals surface area contributed by atoms with Gasteiger partial charge in [0.15, 0.2) is 0 Å². The van der Waals surface area contributed by atoms with Crippen molar-refractivity contribution in [3.63, 3.8) is 0 Å². The number of carbonyl (C=O) groups excluding carboxylic acids is 3. The van der Waals surface area contributed by atoms with Gasteiger partial charge < -0.3 is 10.6 Å². The molecule has 4 aromatic rings. The van der Waals surface area contributed by atoms with Crippen LogP contribution in [0.3, 0.4) is 0 Å². The summed E-state index contributed by atoms with van der Waals surface area (Å²) < 4.78 is 2.12. The second kappa shape index (κ2) is 10.1. The maximum Gasteiger partial charge on any atom is 0.328 e. The van der Waals surface area contributed by atoms with Crippen molar-refractivity contribution in [1.82, 2.24) is 9.99 Å². The Balaban J connectivity index is 1.55. The summed E-state index contributed by atoms with van der Waals surface area (Å²) in [6.45, 7) is 2.17. The first-order chi connectivity index (χ1) is 16.3. The molecule has 0 unspecified atom stereocenters. The molecule has 3 aromatic carbocycles. The van der Waals surface area contributed by atoms with Gasteiger partial charge in [0.25, 0.3) is 5.91 Å². The smallest absolute Gasteiger partial charge is 0.328 e. The van der Waals surface area contributed by atoms with Gasteiger partial charge in [-0.2, -0.15) is 0 Å².